The third kappa shape index (κ3) is 9.40. The van der Waals surface area contributed by atoms with E-state index in [1.807, 2.05) is 0 Å². The molecule has 5 heteroatoms. The van der Waals surface area contributed by atoms with Gasteiger partial charge in [-0.1, -0.05) is 236 Å². The SMILES string of the molecule is B1c2cc(-c3ccccc3)ccc2N(c2ccc(-c3ccccc3)cc2)c2c1c(-c1cc(N(c3ccc(-c4ccccc4)cc3)c3ccc(-c4ccccc4)cc3)ccc1Nc1ccc(-c3ccccc3)cc1)cc1c2oc2ccccc21. The lowest BCUT2D eigenvalue weighted by Crippen LogP contribution is -2.41. The fraction of sp³-hybridized carbons (Fsp3) is 0. The van der Waals surface area contributed by atoms with E-state index in [0.717, 1.165) is 101 Å². The van der Waals surface area contributed by atoms with Gasteiger partial charge < -0.3 is 19.5 Å². The third-order valence-electron chi connectivity index (χ3n) is 16.3. The Labute approximate surface area is 484 Å². The maximum Gasteiger partial charge on any atom is 0.198 e. The van der Waals surface area contributed by atoms with Crippen LogP contribution < -0.4 is 26.0 Å². The van der Waals surface area contributed by atoms with Crippen LogP contribution in [0.25, 0.3) is 88.7 Å². The van der Waals surface area contributed by atoms with Crippen LogP contribution in [0.4, 0.5) is 45.5 Å². The molecule has 0 saturated carbocycles. The van der Waals surface area contributed by atoms with Crippen LogP contribution in [0.2, 0.25) is 0 Å². The summed E-state index contributed by atoms with van der Waals surface area (Å²) >= 11 is 0. The lowest BCUT2D eigenvalue weighted by atomic mass is 9.57. The Morgan fingerprint density at radius 3 is 1.30 bits per heavy atom. The first kappa shape index (κ1) is 49.2. The number of nitrogens with one attached hydrogen (secondary N) is 1. The minimum atomic E-state index is 0.660. The van der Waals surface area contributed by atoms with E-state index >= 15 is 0 Å². The van der Waals surface area contributed by atoms with E-state index in [4.69, 9.17) is 4.42 Å². The van der Waals surface area contributed by atoms with Gasteiger partial charge in [-0.05, 0) is 152 Å². The first-order valence-corrected chi connectivity index (χ1v) is 28.4. The molecule has 15 rings (SSSR count). The van der Waals surface area contributed by atoms with E-state index in [2.05, 4.69) is 331 Å². The number of hydrogen-bond donors (Lipinski definition) is 1. The molecule has 83 heavy (non-hydrogen) atoms. The maximum absolute atomic E-state index is 7.16. The summed E-state index contributed by atoms with van der Waals surface area (Å²) in [5, 5.41) is 6.11. The predicted molar refractivity (Wildman–Crippen MR) is 352 cm³/mol. The van der Waals surface area contributed by atoms with Crippen LogP contribution in [0, 0.1) is 0 Å². The maximum atomic E-state index is 7.16. The van der Waals surface area contributed by atoms with Gasteiger partial charge in [0.1, 0.15) is 5.58 Å². The van der Waals surface area contributed by atoms with Crippen LogP contribution in [-0.4, -0.2) is 7.28 Å². The molecule has 0 radical (unpaired) electrons. The van der Waals surface area contributed by atoms with Gasteiger partial charge in [-0.3, -0.25) is 0 Å². The zero-order chi connectivity index (χ0) is 55.1. The molecular weight excluding hydrogens is 1010 g/mol. The molecule has 2 heterocycles. The Morgan fingerprint density at radius 2 is 0.771 bits per heavy atom. The van der Waals surface area contributed by atoms with Crippen molar-refractivity contribution < 1.29 is 4.42 Å². The Kier molecular flexibility index (Phi) is 12.6. The highest BCUT2D eigenvalue weighted by Gasteiger charge is 2.33. The zero-order valence-electron chi connectivity index (χ0n) is 45.5. The van der Waals surface area contributed by atoms with E-state index < -0.39 is 0 Å². The van der Waals surface area contributed by atoms with Crippen LogP contribution in [-0.2, 0) is 0 Å². The summed E-state index contributed by atoms with van der Waals surface area (Å²) in [4.78, 5) is 4.85. The van der Waals surface area contributed by atoms with E-state index in [1.54, 1.807) is 0 Å². The van der Waals surface area contributed by atoms with Gasteiger partial charge in [-0.25, -0.2) is 0 Å². The van der Waals surface area contributed by atoms with Crippen molar-refractivity contribution in [3.8, 4) is 66.8 Å². The van der Waals surface area contributed by atoms with Crippen molar-refractivity contribution in [2.45, 2.75) is 0 Å². The van der Waals surface area contributed by atoms with Crippen molar-refractivity contribution >= 4 is 85.6 Å². The number of anilines is 8. The summed E-state index contributed by atoms with van der Waals surface area (Å²) in [7, 11) is 0.660. The molecule has 4 nitrogen and oxygen atoms in total. The van der Waals surface area contributed by atoms with Crippen molar-refractivity contribution in [1.29, 1.82) is 0 Å². The second kappa shape index (κ2) is 21.3. The number of nitrogens with zero attached hydrogens (tertiary/aromatic N) is 2. The van der Waals surface area contributed by atoms with Crippen LogP contribution in [0.15, 0.2) is 320 Å². The summed E-state index contributed by atoms with van der Waals surface area (Å²) in [6.07, 6.45) is 0. The van der Waals surface area contributed by atoms with Crippen molar-refractivity contribution in [2.24, 2.45) is 0 Å². The largest absolute Gasteiger partial charge is 0.454 e. The van der Waals surface area contributed by atoms with Crippen molar-refractivity contribution in [3.05, 3.63) is 315 Å². The van der Waals surface area contributed by atoms with Crippen molar-refractivity contribution in [2.75, 3.05) is 15.1 Å². The molecule has 390 valence electrons. The lowest BCUT2D eigenvalue weighted by Gasteiger charge is -2.35. The molecule has 0 bridgehead atoms. The summed E-state index contributed by atoms with van der Waals surface area (Å²) in [6.45, 7) is 0. The number of benzene rings is 13. The molecule has 13 aromatic carbocycles. The first-order chi connectivity index (χ1) is 41.1. The molecule has 1 N–H and O–H groups in total. The minimum absolute atomic E-state index is 0.660. The van der Waals surface area contributed by atoms with Gasteiger partial charge >= 0.3 is 0 Å². The summed E-state index contributed by atoms with van der Waals surface area (Å²) in [5.74, 6) is 0. The van der Waals surface area contributed by atoms with Gasteiger partial charge in [-0.2, -0.15) is 0 Å². The Morgan fingerprint density at radius 1 is 0.337 bits per heavy atom. The number of hydrogen-bond acceptors (Lipinski definition) is 4. The molecule has 0 fully saturated rings. The summed E-state index contributed by atoms with van der Waals surface area (Å²) < 4.78 is 7.16. The van der Waals surface area contributed by atoms with Gasteiger partial charge in [-0.15, -0.1) is 0 Å². The van der Waals surface area contributed by atoms with E-state index in [-0.39, 0.29) is 0 Å². The number of furan rings is 1. The standard InChI is InChI=1S/C78H54BN3O/c1-6-18-53(19-7-1)58-30-39-63(40-31-58)80-73-48-47-67(81(64-41-32-59(33-42-64)54-20-8-2-9-21-54)65-43-34-60(35-44-65)55-22-10-3-11-23-55)51-69(73)70-52-71-68-28-16-17-29-75(68)83-78(71)77-76(70)79-72-50-62(57-26-14-5-15-27-57)38-49-74(72)82(77)66-45-36-61(37-46-66)56-24-12-4-13-25-56/h1-52,79-80H. The zero-order valence-corrected chi connectivity index (χ0v) is 45.5. The summed E-state index contributed by atoms with van der Waals surface area (Å²) in [5.41, 5.74) is 26.3. The second-order valence-corrected chi connectivity index (χ2v) is 21.3. The van der Waals surface area contributed by atoms with E-state index in [9.17, 15) is 0 Å². The molecule has 1 aromatic heterocycles. The van der Waals surface area contributed by atoms with Crippen molar-refractivity contribution in [3.63, 3.8) is 0 Å². The average Bonchev–Trinajstić information content (AvgIpc) is 2.50. The smallest absolute Gasteiger partial charge is 0.198 e. The Balaban J connectivity index is 0.971. The summed E-state index contributed by atoms with van der Waals surface area (Å²) in [6, 6.07) is 114. The first-order valence-electron chi connectivity index (χ1n) is 28.4. The van der Waals surface area contributed by atoms with Gasteiger partial charge in [0.05, 0.1) is 5.69 Å². The van der Waals surface area contributed by atoms with E-state index in [0.29, 0.717) is 7.28 Å². The van der Waals surface area contributed by atoms with E-state index in [1.165, 1.54) is 44.3 Å². The molecule has 14 aromatic rings. The van der Waals surface area contributed by atoms with Gasteiger partial charge in [0, 0.05) is 56.1 Å². The molecule has 1 aliphatic heterocycles. The highest BCUT2D eigenvalue weighted by atomic mass is 16.3. The number of fused-ring (bicyclic) bond motifs is 6. The highest BCUT2D eigenvalue weighted by Crippen LogP contribution is 2.48. The molecule has 1 aliphatic rings. The number of para-hydroxylation sites is 1. The third-order valence-corrected chi connectivity index (χ3v) is 16.3. The molecule has 0 spiro atoms. The Hall–Kier alpha value is -10.9. The quantitative estimate of drug-likeness (QED) is 0.124. The normalized spacial score (nSPS) is 11.7. The lowest BCUT2D eigenvalue weighted by molar-refractivity contribution is 0.669. The monoisotopic (exact) mass is 1060 g/mol. The molecule has 0 aliphatic carbocycles. The van der Waals surface area contributed by atoms with Crippen LogP contribution >= 0.6 is 0 Å². The van der Waals surface area contributed by atoms with Crippen molar-refractivity contribution in [1.82, 2.24) is 0 Å². The minimum Gasteiger partial charge on any atom is -0.454 e. The molecular formula is C78H54BN3O. The average molecular weight is 1060 g/mol. The fourth-order valence-corrected chi connectivity index (χ4v) is 12.2. The number of rotatable bonds is 12. The van der Waals surface area contributed by atoms with Gasteiger partial charge in [0.2, 0.25) is 0 Å². The molecule has 0 saturated heterocycles. The molecule has 0 amide bonds. The van der Waals surface area contributed by atoms with Crippen LogP contribution in [0.5, 0.6) is 0 Å². The highest BCUT2D eigenvalue weighted by molar-refractivity contribution is 6.74. The molecule has 0 unspecified atom stereocenters. The fourth-order valence-electron chi connectivity index (χ4n) is 12.2. The topological polar surface area (TPSA) is 31.6 Å². The molecule has 0 atom stereocenters. The second-order valence-electron chi connectivity index (χ2n) is 21.3. The van der Waals surface area contributed by atoms with Crippen LogP contribution in [0.1, 0.15) is 0 Å². The Bertz CT molecular complexity index is 4530. The van der Waals surface area contributed by atoms with Crippen LogP contribution in [0.3, 0.4) is 0 Å². The predicted octanol–water partition coefficient (Wildman–Crippen LogP) is 20.0. The van der Waals surface area contributed by atoms with Gasteiger partial charge in [0.25, 0.3) is 0 Å². The van der Waals surface area contributed by atoms with Gasteiger partial charge in [0.15, 0.2) is 12.9 Å².